The van der Waals surface area contributed by atoms with Crippen molar-refractivity contribution in [1.82, 2.24) is 19.7 Å². The molecule has 2 rings (SSSR count). The van der Waals surface area contributed by atoms with Crippen molar-refractivity contribution in [1.29, 1.82) is 0 Å². The van der Waals surface area contributed by atoms with E-state index in [2.05, 4.69) is 15.2 Å². The quantitative estimate of drug-likeness (QED) is 0.756. The lowest BCUT2D eigenvalue weighted by Gasteiger charge is -2.01. The molecular formula is C9H9ClN4S. The summed E-state index contributed by atoms with van der Waals surface area (Å²) in [6.07, 6.45) is 1.67. The van der Waals surface area contributed by atoms with Gasteiger partial charge >= 0.3 is 0 Å². The van der Waals surface area contributed by atoms with Crippen molar-refractivity contribution >= 4 is 23.4 Å². The lowest BCUT2D eigenvalue weighted by Crippen LogP contribution is -1.93. The van der Waals surface area contributed by atoms with E-state index in [-0.39, 0.29) is 0 Å². The molecule has 0 N–H and O–H groups in total. The van der Waals surface area contributed by atoms with Gasteiger partial charge < -0.3 is 4.57 Å². The van der Waals surface area contributed by atoms with Gasteiger partial charge in [-0.15, -0.1) is 10.2 Å². The maximum atomic E-state index is 5.79. The molecule has 0 unspecified atom stereocenters. The van der Waals surface area contributed by atoms with Gasteiger partial charge in [0, 0.05) is 18.1 Å². The van der Waals surface area contributed by atoms with Crippen molar-refractivity contribution in [3.8, 4) is 0 Å². The fraction of sp³-hybridized carbons (Fsp3) is 0.222. The molecule has 0 aromatic carbocycles. The van der Waals surface area contributed by atoms with Crippen molar-refractivity contribution in [2.75, 3.05) is 0 Å². The number of rotatable bonds is 2. The summed E-state index contributed by atoms with van der Waals surface area (Å²) < 4.78 is 1.93. The van der Waals surface area contributed by atoms with Crippen molar-refractivity contribution < 1.29 is 0 Å². The number of hydrogen-bond donors (Lipinski definition) is 0. The molecule has 15 heavy (non-hydrogen) atoms. The van der Waals surface area contributed by atoms with Gasteiger partial charge in [0.1, 0.15) is 11.0 Å². The van der Waals surface area contributed by atoms with E-state index >= 15 is 0 Å². The second-order valence-corrected chi connectivity index (χ2v) is 4.43. The zero-order valence-corrected chi connectivity index (χ0v) is 9.88. The van der Waals surface area contributed by atoms with Gasteiger partial charge in [-0.1, -0.05) is 11.6 Å². The van der Waals surface area contributed by atoms with Gasteiger partial charge in [0.15, 0.2) is 5.16 Å². The van der Waals surface area contributed by atoms with Gasteiger partial charge in [-0.05, 0) is 30.8 Å². The van der Waals surface area contributed by atoms with E-state index in [1.165, 1.54) is 11.8 Å². The molecule has 0 bridgehead atoms. The Morgan fingerprint density at radius 2 is 2.20 bits per heavy atom. The Hall–Kier alpha value is -1.07. The van der Waals surface area contributed by atoms with E-state index in [1.54, 1.807) is 12.3 Å². The third-order valence-corrected chi connectivity index (χ3v) is 3.19. The molecule has 0 fully saturated rings. The molecule has 0 aliphatic carbocycles. The molecule has 2 aromatic heterocycles. The smallest absolute Gasteiger partial charge is 0.195 e. The zero-order chi connectivity index (χ0) is 10.8. The molecule has 0 amide bonds. The molecule has 0 spiro atoms. The van der Waals surface area contributed by atoms with E-state index in [0.717, 1.165) is 15.9 Å². The van der Waals surface area contributed by atoms with E-state index in [9.17, 15) is 0 Å². The molecule has 0 aliphatic rings. The maximum absolute atomic E-state index is 5.79. The first-order valence-electron chi connectivity index (χ1n) is 4.32. The molecule has 6 heteroatoms. The maximum Gasteiger partial charge on any atom is 0.195 e. The Kier molecular flexibility index (Phi) is 2.93. The van der Waals surface area contributed by atoms with Crippen LogP contribution in [0.15, 0.2) is 28.4 Å². The summed E-state index contributed by atoms with van der Waals surface area (Å²) in [5.74, 6) is 0.887. The average Bonchev–Trinajstić information content (AvgIpc) is 2.50. The van der Waals surface area contributed by atoms with Gasteiger partial charge in [0.05, 0.1) is 0 Å². The van der Waals surface area contributed by atoms with E-state index in [4.69, 9.17) is 11.6 Å². The minimum atomic E-state index is 0.485. The summed E-state index contributed by atoms with van der Waals surface area (Å²) >= 11 is 7.30. The van der Waals surface area contributed by atoms with Crippen molar-refractivity contribution in [2.24, 2.45) is 7.05 Å². The second kappa shape index (κ2) is 4.20. The fourth-order valence-corrected chi connectivity index (χ4v) is 2.13. The molecule has 0 saturated heterocycles. The van der Waals surface area contributed by atoms with Crippen LogP contribution in [0, 0.1) is 6.92 Å². The lowest BCUT2D eigenvalue weighted by molar-refractivity contribution is 0.765. The Balaban J connectivity index is 2.26. The number of hydrogen-bond acceptors (Lipinski definition) is 4. The molecule has 4 nitrogen and oxygen atoms in total. The number of halogens is 1. The van der Waals surface area contributed by atoms with E-state index < -0.39 is 0 Å². The number of aromatic nitrogens is 4. The van der Waals surface area contributed by atoms with E-state index in [1.807, 2.05) is 24.6 Å². The summed E-state index contributed by atoms with van der Waals surface area (Å²) in [7, 11) is 1.93. The molecule has 0 atom stereocenters. The summed E-state index contributed by atoms with van der Waals surface area (Å²) in [5, 5.41) is 9.36. The summed E-state index contributed by atoms with van der Waals surface area (Å²) in [6, 6.07) is 3.69. The van der Waals surface area contributed by atoms with Gasteiger partial charge in [0.25, 0.3) is 0 Å². The van der Waals surface area contributed by atoms with Crippen LogP contribution in [-0.4, -0.2) is 19.7 Å². The largest absolute Gasteiger partial charge is 0.309 e. The van der Waals surface area contributed by atoms with Crippen LogP contribution in [-0.2, 0) is 7.05 Å². The Morgan fingerprint density at radius 1 is 1.40 bits per heavy atom. The molecule has 78 valence electrons. The van der Waals surface area contributed by atoms with Gasteiger partial charge in [-0.25, -0.2) is 4.98 Å². The van der Waals surface area contributed by atoms with Crippen LogP contribution in [0.2, 0.25) is 5.15 Å². The molecule has 0 saturated carbocycles. The van der Waals surface area contributed by atoms with Gasteiger partial charge in [-0.2, -0.15) is 0 Å². The molecule has 2 heterocycles. The normalized spacial score (nSPS) is 10.6. The number of aryl methyl sites for hydroxylation is 1. The Labute approximate surface area is 96.7 Å². The predicted molar refractivity (Wildman–Crippen MR) is 59.1 cm³/mol. The molecule has 0 aliphatic heterocycles. The topological polar surface area (TPSA) is 43.6 Å². The van der Waals surface area contributed by atoms with Crippen LogP contribution in [0.5, 0.6) is 0 Å². The summed E-state index contributed by atoms with van der Waals surface area (Å²) in [6.45, 7) is 1.91. The highest BCUT2D eigenvalue weighted by Crippen LogP contribution is 2.26. The first-order valence-corrected chi connectivity index (χ1v) is 5.51. The highest BCUT2D eigenvalue weighted by atomic mass is 35.5. The van der Waals surface area contributed by atoms with Gasteiger partial charge in [-0.3, -0.25) is 0 Å². The third-order valence-electron chi connectivity index (χ3n) is 1.96. The first-order chi connectivity index (χ1) is 7.16. The first kappa shape index (κ1) is 10.4. The molecule has 0 radical (unpaired) electrons. The fourth-order valence-electron chi connectivity index (χ4n) is 1.03. The molecule has 2 aromatic rings. The monoisotopic (exact) mass is 240 g/mol. The zero-order valence-electron chi connectivity index (χ0n) is 8.31. The van der Waals surface area contributed by atoms with Gasteiger partial charge in [0.2, 0.25) is 0 Å². The van der Waals surface area contributed by atoms with E-state index in [0.29, 0.717) is 5.15 Å². The highest BCUT2D eigenvalue weighted by molar-refractivity contribution is 7.99. The summed E-state index contributed by atoms with van der Waals surface area (Å²) in [4.78, 5) is 4.92. The van der Waals surface area contributed by atoms with Crippen molar-refractivity contribution in [3.63, 3.8) is 0 Å². The van der Waals surface area contributed by atoms with Crippen LogP contribution in [0.4, 0.5) is 0 Å². The Bertz CT molecular complexity index is 483. The Morgan fingerprint density at radius 3 is 2.80 bits per heavy atom. The van der Waals surface area contributed by atoms with Crippen LogP contribution >= 0.6 is 23.4 Å². The minimum Gasteiger partial charge on any atom is -0.309 e. The second-order valence-electron chi connectivity index (χ2n) is 3.01. The lowest BCUT2D eigenvalue weighted by atomic mass is 10.5. The predicted octanol–water partition coefficient (Wildman–Crippen LogP) is 2.32. The van der Waals surface area contributed by atoms with Crippen LogP contribution in [0.3, 0.4) is 0 Å². The summed E-state index contributed by atoms with van der Waals surface area (Å²) in [5.41, 5.74) is 0. The third kappa shape index (κ3) is 2.30. The highest BCUT2D eigenvalue weighted by Gasteiger charge is 2.06. The molecular weight excluding hydrogens is 232 g/mol. The standard InChI is InChI=1S/C9H9ClN4S/c1-6-12-13-9(14(6)2)15-7-3-4-11-8(10)5-7/h3-5H,1-2H3. The number of nitrogens with zero attached hydrogens (tertiary/aromatic N) is 4. The van der Waals surface area contributed by atoms with Crippen LogP contribution < -0.4 is 0 Å². The SMILES string of the molecule is Cc1nnc(Sc2ccnc(Cl)c2)n1C. The number of pyridine rings is 1. The van der Waals surface area contributed by atoms with Crippen molar-refractivity contribution in [3.05, 3.63) is 29.3 Å². The average molecular weight is 241 g/mol. The minimum absolute atomic E-state index is 0.485. The van der Waals surface area contributed by atoms with Crippen LogP contribution in [0.1, 0.15) is 5.82 Å². The van der Waals surface area contributed by atoms with Crippen molar-refractivity contribution in [2.45, 2.75) is 17.0 Å². The van der Waals surface area contributed by atoms with Crippen LogP contribution in [0.25, 0.3) is 0 Å².